The van der Waals surface area contributed by atoms with Crippen molar-refractivity contribution in [3.05, 3.63) is 23.3 Å². The molecule has 0 heterocycles. The van der Waals surface area contributed by atoms with Crippen LogP contribution in [0.4, 0.5) is 0 Å². The Morgan fingerprint density at radius 3 is 2.33 bits per heavy atom. The zero-order valence-corrected chi connectivity index (χ0v) is 21.3. The molecule has 5 rings (SSSR count). The Morgan fingerprint density at radius 1 is 0.970 bits per heavy atom. The van der Waals surface area contributed by atoms with Gasteiger partial charge in [0.15, 0.2) is 11.6 Å². The first-order valence-corrected chi connectivity index (χ1v) is 12.9. The minimum absolute atomic E-state index is 0.00475. The maximum Gasteiger partial charge on any atom is 0.178 e. The van der Waals surface area contributed by atoms with Gasteiger partial charge in [-0.15, -0.1) is 0 Å². The van der Waals surface area contributed by atoms with Crippen molar-refractivity contribution < 1.29 is 9.59 Å². The summed E-state index contributed by atoms with van der Waals surface area (Å²) in [7, 11) is 0. The van der Waals surface area contributed by atoms with E-state index < -0.39 is 10.8 Å². The summed E-state index contributed by atoms with van der Waals surface area (Å²) in [6.45, 7) is 13.2. The Labute approximate surface area is 199 Å². The topological polar surface area (TPSA) is 83.9 Å². The van der Waals surface area contributed by atoms with Crippen LogP contribution in [0.1, 0.15) is 86.5 Å². The van der Waals surface area contributed by atoms with Gasteiger partial charge in [0.05, 0.1) is 5.57 Å². The van der Waals surface area contributed by atoms with E-state index in [0.29, 0.717) is 0 Å². The molecule has 0 aliphatic heterocycles. The molecule has 4 nitrogen and oxygen atoms in total. The number of rotatable bonds is 0. The summed E-state index contributed by atoms with van der Waals surface area (Å²) in [5, 5.41) is 9.77. The second kappa shape index (κ2) is 6.69. The van der Waals surface area contributed by atoms with Crippen LogP contribution in [0.5, 0.6) is 0 Å². The van der Waals surface area contributed by atoms with Crippen LogP contribution in [0, 0.1) is 56.7 Å². The van der Waals surface area contributed by atoms with E-state index in [1.807, 2.05) is 26.0 Å². The van der Waals surface area contributed by atoms with Crippen LogP contribution in [0.25, 0.3) is 0 Å². The third kappa shape index (κ3) is 2.90. The Bertz CT molecular complexity index is 1040. The second-order valence-electron chi connectivity index (χ2n) is 13.9. The summed E-state index contributed by atoms with van der Waals surface area (Å²) in [5.74, 6) is 0.819. The molecule has 3 fully saturated rings. The van der Waals surface area contributed by atoms with Crippen LogP contribution >= 0.6 is 0 Å². The van der Waals surface area contributed by atoms with Gasteiger partial charge in [0.25, 0.3) is 0 Å². The fourth-order valence-electron chi connectivity index (χ4n) is 9.32. The van der Waals surface area contributed by atoms with E-state index in [1.165, 1.54) is 5.57 Å². The fourth-order valence-corrected chi connectivity index (χ4v) is 9.32. The van der Waals surface area contributed by atoms with Crippen molar-refractivity contribution in [3.8, 4) is 6.07 Å². The molecule has 33 heavy (non-hydrogen) atoms. The molecule has 178 valence electrons. The van der Waals surface area contributed by atoms with Crippen molar-refractivity contribution in [3.63, 3.8) is 0 Å². The Hall–Kier alpha value is -1.73. The summed E-state index contributed by atoms with van der Waals surface area (Å²) in [6.07, 6.45) is 11.0. The fraction of sp³-hybridized carbons (Fsp3) is 0.759. The zero-order chi connectivity index (χ0) is 24.2. The highest BCUT2D eigenvalue weighted by Gasteiger charge is 2.65. The second-order valence-corrected chi connectivity index (χ2v) is 13.9. The number of nitriles is 1. The number of hydrogen-bond acceptors (Lipinski definition) is 4. The minimum Gasteiger partial charge on any atom is -0.325 e. The Balaban J connectivity index is 1.65. The number of fused-ring (bicyclic) bond motifs is 7. The molecular formula is C29H40N2O2. The van der Waals surface area contributed by atoms with Crippen LogP contribution in [-0.4, -0.2) is 17.1 Å². The lowest BCUT2D eigenvalue weighted by Gasteiger charge is -2.64. The molecular weight excluding hydrogens is 408 g/mol. The van der Waals surface area contributed by atoms with Crippen LogP contribution in [-0.2, 0) is 9.59 Å². The van der Waals surface area contributed by atoms with Gasteiger partial charge < -0.3 is 5.73 Å². The van der Waals surface area contributed by atoms with E-state index in [2.05, 4.69) is 33.8 Å². The van der Waals surface area contributed by atoms with Crippen LogP contribution < -0.4 is 5.73 Å². The van der Waals surface area contributed by atoms with Gasteiger partial charge in [-0.1, -0.05) is 53.2 Å². The number of hydrogen-bond donors (Lipinski definition) is 1. The first-order valence-electron chi connectivity index (χ1n) is 12.9. The van der Waals surface area contributed by atoms with Crippen molar-refractivity contribution >= 4 is 11.6 Å². The molecule has 0 radical (unpaired) electrons. The van der Waals surface area contributed by atoms with Gasteiger partial charge in [-0.05, 0) is 79.6 Å². The monoisotopic (exact) mass is 448 g/mol. The van der Waals surface area contributed by atoms with E-state index >= 15 is 0 Å². The number of carbonyl (C=O) groups excluding carboxylic acids is 2. The molecule has 3 saturated carbocycles. The van der Waals surface area contributed by atoms with Crippen molar-refractivity contribution in [1.29, 1.82) is 5.26 Å². The van der Waals surface area contributed by atoms with Gasteiger partial charge in [0, 0.05) is 22.3 Å². The average Bonchev–Trinajstić information content (AvgIpc) is 2.72. The van der Waals surface area contributed by atoms with E-state index in [9.17, 15) is 14.9 Å². The lowest BCUT2D eigenvalue weighted by Crippen LogP contribution is -2.64. The quantitative estimate of drug-likeness (QED) is 0.528. The van der Waals surface area contributed by atoms with Crippen molar-refractivity contribution in [1.82, 2.24) is 0 Å². The predicted octanol–water partition coefficient (Wildman–Crippen LogP) is 5.53. The van der Waals surface area contributed by atoms with Gasteiger partial charge >= 0.3 is 0 Å². The predicted molar refractivity (Wildman–Crippen MR) is 129 cm³/mol. The first-order chi connectivity index (χ1) is 15.2. The molecule has 5 aliphatic carbocycles. The number of allylic oxidation sites excluding steroid dienone is 4. The molecule has 2 N–H and O–H groups in total. The lowest BCUT2D eigenvalue weighted by atomic mass is 9.39. The average molecular weight is 449 g/mol. The largest absolute Gasteiger partial charge is 0.325 e. The van der Waals surface area contributed by atoms with Gasteiger partial charge in [-0.2, -0.15) is 5.26 Å². The number of carbonyl (C=O) groups is 2. The molecule has 0 aromatic carbocycles. The molecule has 7 unspecified atom stereocenters. The van der Waals surface area contributed by atoms with Gasteiger partial charge in [0.1, 0.15) is 6.07 Å². The normalized spacial score (nSPS) is 47.7. The number of Topliss-reactive ketones (excluding diaryl/α,β-unsaturated/α-hetero) is 1. The van der Waals surface area contributed by atoms with Crippen LogP contribution in [0.2, 0.25) is 0 Å². The smallest absolute Gasteiger partial charge is 0.178 e. The Morgan fingerprint density at radius 2 is 1.67 bits per heavy atom. The summed E-state index contributed by atoms with van der Waals surface area (Å²) in [6, 6.07) is 2.18. The number of ketones is 2. The molecule has 4 heteroatoms. The highest BCUT2D eigenvalue weighted by molar-refractivity contribution is 6.04. The summed E-state index contributed by atoms with van der Waals surface area (Å²) >= 11 is 0. The summed E-state index contributed by atoms with van der Waals surface area (Å²) < 4.78 is 0. The SMILES string of the molecule is CC1(C)CCC2(N)CCC3C(C(=O)C=C4C5(C)C=C(C#N)C(=O)C(C)(C)C5CCC43C)C2C1. The highest BCUT2D eigenvalue weighted by Crippen LogP contribution is 2.69. The van der Waals surface area contributed by atoms with E-state index in [1.54, 1.807) is 0 Å². The number of nitrogens with zero attached hydrogens (tertiary/aromatic N) is 1. The Kier molecular flexibility index (Phi) is 4.67. The third-order valence-electron chi connectivity index (χ3n) is 11.1. The van der Waals surface area contributed by atoms with Crippen LogP contribution in [0.3, 0.4) is 0 Å². The molecule has 0 saturated heterocycles. The zero-order valence-electron chi connectivity index (χ0n) is 21.3. The summed E-state index contributed by atoms with van der Waals surface area (Å²) in [4.78, 5) is 27.0. The van der Waals surface area contributed by atoms with Crippen molar-refractivity contribution in [2.24, 2.45) is 51.1 Å². The van der Waals surface area contributed by atoms with E-state index in [0.717, 1.165) is 44.9 Å². The van der Waals surface area contributed by atoms with Crippen molar-refractivity contribution in [2.75, 3.05) is 0 Å². The van der Waals surface area contributed by atoms with Gasteiger partial charge in [-0.3, -0.25) is 9.59 Å². The molecule has 0 spiro atoms. The number of nitrogens with two attached hydrogens (primary N) is 1. The summed E-state index contributed by atoms with van der Waals surface area (Å²) in [5.41, 5.74) is 7.32. The van der Waals surface area contributed by atoms with Crippen molar-refractivity contribution in [2.45, 2.75) is 92.0 Å². The minimum atomic E-state index is -0.608. The molecule has 0 amide bonds. The molecule has 7 atom stereocenters. The molecule has 0 aromatic rings. The standard InChI is InChI=1S/C29H40N2O2/c1-25(2)11-12-29(31)10-7-18-23(19(29)15-25)20(32)13-22-27(18,5)9-8-21-26(3,4)24(33)17(16-30)14-28(21,22)6/h13-14,18-19,21,23H,7-12,15,31H2,1-6H3. The third-order valence-corrected chi connectivity index (χ3v) is 11.1. The van der Waals surface area contributed by atoms with Gasteiger partial charge in [-0.25, -0.2) is 0 Å². The van der Waals surface area contributed by atoms with Gasteiger partial charge in [0.2, 0.25) is 0 Å². The maximum absolute atomic E-state index is 13.9. The molecule has 0 bridgehead atoms. The maximum atomic E-state index is 13.9. The van der Waals surface area contributed by atoms with E-state index in [4.69, 9.17) is 5.73 Å². The van der Waals surface area contributed by atoms with Crippen LogP contribution in [0.15, 0.2) is 23.3 Å². The first kappa shape index (κ1) is 23.0. The molecule has 5 aliphatic rings. The highest BCUT2D eigenvalue weighted by atomic mass is 16.1. The van der Waals surface area contributed by atoms with E-state index in [-0.39, 0.29) is 57.2 Å². The lowest BCUT2D eigenvalue weighted by molar-refractivity contribution is -0.140. The molecule has 0 aromatic heterocycles.